The van der Waals surface area contributed by atoms with Crippen LogP contribution in [0.15, 0.2) is 30.5 Å². The first-order valence-electron chi connectivity index (χ1n) is 6.45. The van der Waals surface area contributed by atoms with Crippen LogP contribution in [0.5, 0.6) is 0 Å². The number of benzene rings is 1. The Hall–Kier alpha value is -2.70. The zero-order valence-electron chi connectivity index (χ0n) is 11.5. The normalized spacial score (nSPS) is 10.3. The fourth-order valence-electron chi connectivity index (χ4n) is 1.83. The molecule has 0 amide bonds. The van der Waals surface area contributed by atoms with Gasteiger partial charge in [0.25, 0.3) is 0 Å². The summed E-state index contributed by atoms with van der Waals surface area (Å²) in [7, 11) is 0. The molecule has 2 rings (SSSR count). The van der Waals surface area contributed by atoms with E-state index in [0.29, 0.717) is 18.8 Å². The molecular formula is C14H15N3O4. The molecule has 0 radical (unpaired) electrons. The van der Waals surface area contributed by atoms with E-state index in [1.54, 1.807) is 23.7 Å². The second-order valence-corrected chi connectivity index (χ2v) is 4.37. The van der Waals surface area contributed by atoms with E-state index in [-0.39, 0.29) is 18.0 Å². The number of carboxylic acids is 1. The molecule has 1 aromatic carbocycles. The highest BCUT2D eigenvalue weighted by Crippen LogP contribution is 2.08. The lowest BCUT2D eigenvalue weighted by Gasteiger charge is -2.06. The van der Waals surface area contributed by atoms with Gasteiger partial charge in [-0.1, -0.05) is 17.3 Å². The van der Waals surface area contributed by atoms with E-state index in [1.165, 1.54) is 18.3 Å². The Labute approximate surface area is 121 Å². The van der Waals surface area contributed by atoms with Gasteiger partial charge in [0.05, 0.1) is 37.0 Å². The van der Waals surface area contributed by atoms with Crippen LogP contribution in [0.2, 0.25) is 0 Å². The topological polar surface area (TPSA) is 94.3 Å². The van der Waals surface area contributed by atoms with Crippen molar-refractivity contribution in [3.63, 3.8) is 0 Å². The molecule has 7 heteroatoms. The van der Waals surface area contributed by atoms with Gasteiger partial charge in [-0.25, -0.2) is 9.48 Å². The number of aromatic carboxylic acids is 1. The summed E-state index contributed by atoms with van der Waals surface area (Å²) in [6.45, 7) is 2.49. The Morgan fingerprint density at radius 1 is 1.29 bits per heavy atom. The highest BCUT2D eigenvalue weighted by Gasteiger charge is 2.11. The molecule has 0 unspecified atom stereocenters. The number of hydrogen-bond donors (Lipinski definition) is 1. The lowest BCUT2D eigenvalue weighted by Crippen LogP contribution is -2.13. The summed E-state index contributed by atoms with van der Waals surface area (Å²) >= 11 is 0. The molecule has 0 atom stereocenters. The quantitative estimate of drug-likeness (QED) is 0.801. The molecule has 0 saturated heterocycles. The van der Waals surface area contributed by atoms with Gasteiger partial charge in [0.1, 0.15) is 0 Å². The molecule has 21 heavy (non-hydrogen) atoms. The van der Waals surface area contributed by atoms with Crippen LogP contribution >= 0.6 is 0 Å². The fraction of sp³-hybridized carbons (Fsp3) is 0.286. The largest absolute Gasteiger partial charge is 0.478 e. The predicted octanol–water partition coefficient (Wildman–Crippen LogP) is 1.13. The van der Waals surface area contributed by atoms with Gasteiger partial charge in [-0.2, -0.15) is 0 Å². The zero-order chi connectivity index (χ0) is 15.2. The molecule has 2 aromatic rings. The average Bonchev–Trinajstić information content (AvgIpc) is 2.87. The first kappa shape index (κ1) is 14.7. The molecule has 0 aliphatic rings. The number of carboxylic acid groups (broad SMARTS) is 1. The molecular weight excluding hydrogens is 274 g/mol. The van der Waals surface area contributed by atoms with Crippen molar-refractivity contribution in [1.29, 1.82) is 0 Å². The van der Waals surface area contributed by atoms with E-state index in [9.17, 15) is 9.59 Å². The van der Waals surface area contributed by atoms with Crippen molar-refractivity contribution in [2.75, 3.05) is 6.61 Å². The van der Waals surface area contributed by atoms with Crippen molar-refractivity contribution in [3.8, 4) is 0 Å². The van der Waals surface area contributed by atoms with Crippen LogP contribution in [0.1, 0.15) is 28.5 Å². The van der Waals surface area contributed by atoms with Crippen LogP contribution in [-0.2, 0) is 22.5 Å². The maximum absolute atomic E-state index is 11.5. The first-order chi connectivity index (χ1) is 10.1. The number of rotatable bonds is 6. The van der Waals surface area contributed by atoms with Gasteiger partial charge in [-0.3, -0.25) is 4.79 Å². The van der Waals surface area contributed by atoms with Crippen LogP contribution < -0.4 is 0 Å². The average molecular weight is 289 g/mol. The van der Waals surface area contributed by atoms with Crippen LogP contribution in [-0.4, -0.2) is 38.6 Å². The minimum atomic E-state index is -0.967. The smallest absolute Gasteiger partial charge is 0.335 e. The predicted molar refractivity (Wildman–Crippen MR) is 72.9 cm³/mol. The van der Waals surface area contributed by atoms with Crippen molar-refractivity contribution >= 4 is 11.9 Å². The highest BCUT2D eigenvalue weighted by molar-refractivity contribution is 5.87. The van der Waals surface area contributed by atoms with Crippen molar-refractivity contribution in [3.05, 3.63) is 47.3 Å². The number of aromatic nitrogens is 3. The maximum atomic E-state index is 11.5. The summed E-state index contributed by atoms with van der Waals surface area (Å²) in [5, 5.41) is 16.6. The monoisotopic (exact) mass is 289 g/mol. The van der Waals surface area contributed by atoms with Gasteiger partial charge in [-0.05, 0) is 24.6 Å². The van der Waals surface area contributed by atoms with E-state index in [2.05, 4.69) is 10.3 Å². The van der Waals surface area contributed by atoms with Crippen molar-refractivity contribution in [2.45, 2.75) is 19.9 Å². The third-order valence-corrected chi connectivity index (χ3v) is 2.86. The summed E-state index contributed by atoms with van der Waals surface area (Å²) in [6, 6.07) is 6.47. The van der Waals surface area contributed by atoms with Crippen molar-refractivity contribution in [2.24, 2.45) is 0 Å². The summed E-state index contributed by atoms with van der Waals surface area (Å²) in [5.41, 5.74) is 1.75. The Morgan fingerprint density at radius 3 is 2.62 bits per heavy atom. The Morgan fingerprint density at radius 2 is 2.00 bits per heavy atom. The van der Waals surface area contributed by atoms with Crippen molar-refractivity contribution < 1.29 is 19.4 Å². The van der Waals surface area contributed by atoms with Gasteiger partial charge in [-0.15, -0.1) is 5.10 Å². The third-order valence-electron chi connectivity index (χ3n) is 2.86. The zero-order valence-corrected chi connectivity index (χ0v) is 11.5. The molecule has 0 aliphatic carbocycles. The summed E-state index contributed by atoms with van der Waals surface area (Å²) in [6.07, 6.45) is 1.62. The number of hydrogen-bond acceptors (Lipinski definition) is 5. The molecule has 1 heterocycles. The van der Waals surface area contributed by atoms with E-state index >= 15 is 0 Å². The molecule has 1 N–H and O–H groups in total. The molecule has 0 bridgehead atoms. The molecule has 7 nitrogen and oxygen atoms in total. The number of carbonyl (C=O) groups excluding carboxylic acids is 1. The van der Waals surface area contributed by atoms with Crippen molar-refractivity contribution in [1.82, 2.24) is 15.0 Å². The number of ether oxygens (including phenoxy) is 1. The van der Waals surface area contributed by atoms with Gasteiger partial charge in [0.2, 0.25) is 0 Å². The molecule has 110 valence electrons. The minimum absolute atomic E-state index is 0.105. The molecule has 0 saturated carbocycles. The fourth-order valence-corrected chi connectivity index (χ4v) is 1.83. The minimum Gasteiger partial charge on any atom is -0.478 e. The number of nitrogens with zero attached hydrogens (tertiary/aromatic N) is 3. The van der Waals surface area contributed by atoms with E-state index in [4.69, 9.17) is 9.84 Å². The van der Waals surface area contributed by atoms with Crippen LogP contribution in [0.3, 0.4) is 0 Å². The second kappa shape index (κ2) is 6.65. The highest BCUT2D eigenvalue weighted by atomic mass is 16.5. The number of esters is 1. The molecule has 1 aromatic heterocycles. The standard InChI is InChI=1S/C14H15N3O4/c1-2-21-13(18)7-12-8-15-16-17(12)9-10-3-5-11(6-4-10)14(19)20/h3-6,8H,2,7,9H2,1H3,(H,19,20). The van der Waals surface area contributed by atoms with E-state index < -0.39 is 5.97 Å². The van der Waals surface area contributed by atoms with E-state index in [1.807, 2.05) is 0 Å². The first-order valence-corrected chi connectivity index (χ1v) is 6.45. The van der Waals surface area contributed by atoms with Gasteiger partial charge in [0.15, 0.2) is 0 Å². The lowest BCUT2D eigenvalue weighted by molar-refractivity contribution is -0.142. The Bertz CT molecular complexity index is 634. The van der Waals surface area contributed by atoms with Crippen LogP contribution in [0.25, 0.3) is 0 Å². The van der Waals surface area contributed by atoms with Gasteiger partial charge >= 0.3 is 11.9 Å². The summed E-state index contributed by atoms with van der Waals surface area (Å²) in [4.78, 5) is 22.3. The van der Waals surface area contributed by atoms with Gasteiger partial charge in [0, 0.05) is 0 Å². The second-order valence-electron chi connectivity index (χ2n) is 4.37. The third kappa shape index (κ3) is 3.88. The van der Waals surface area contributed by atoms with E-state index in [0.717, 1.165) is 5.56 Å². The summed E-state index contributed by atoms with van der Waals surface area (Å²) in [5.74, 6) is -1.30. The Balaban J connectivity index is 2.08. The Kier molecular flexibility index (Phi) is 4.65. The van der Waals surface area contributed by atoms with Crippen LogP contribution in [0, 0.1) is 0 Å². The summed E-state index contributed by atoms with van der Waals surface area (Å²) < 4.78 is 6.48. The molecule has 0 spiro atoms. The molecule has 0 fully saturated rings. The lowest BCUT2D eigenvalue weighted by atomic mass is 10.1. The van der Waals surface area contributed by atoms with Crippen LogP contribution in [0.4, 0.5) is 0 Å². The SMILES string of the molecule is CCOC(=O)Cc1cnnn1Cc1ccc(C(=O)O)cc1. The molecule has 0 aliphatic heterocycles. The number of carbonyl (C=O) groups is 2. The maximum Gasteiger partial charge on any atom is 0.335 e. The van der Waals surface area contributed by atoms with Gasteiger partial charge < -0.3 is 9.84 Å².